The average molecular weight is 370 g/mol. The molecule has 0 radical (unpaired) electrons. The molecule has 0 bridgehead atoms. The summed E-state index contributed by atoms with van der Waals surface area (Å²) in [5.74, 6) is -0.0510. The van der Waals surface area contributed by atoms with Crippen molar-refractivity contribution in [3.63, 3.8) is 0 Å². The zero-order chi connectivity index (χ0) is 19.8. The van der Waals surface area contributed by atoms with Gasteiger partial charge < -0.3 is 4.74 Å². The molecule has 0 aromatic heterocycles. The summed E-state index contributed by atoms with van der Waals surface area (Å²) in [4.78, 5) is 26.2. The number of para-hydroxylation sites is 1. The predicted octanol–water partition coefficient (Wildman–Crippen LogP) is 5.63. The van der Waals surface area contributed by atoms with E-state index in [-0.39, 0.29) is 17.5 Å². The third kappa shape index (κ3) is 3.13. The van der Waals surface area contributed by atoms with Crippen molar-refractivity contribution in [2.45, 2.75) is 26.7 Å². The van der Waals surface area contributed by atoms with Crippen LogP contribution in [0.4, 0.5) is 0 Å². The van der Waals surface area contributed by atoms with E-state index in [0.29, 0.717) is 17.1 Å². The summed E-state index contributed by atoms with van der Waals surface area (Å²) in [6, 6.07) is 21.0. The van der Waals surface area contributed by atoms with Crippen LogP contribution >= 0.6 is 0 Å². The van der Waals surface area contributed by atoms with Crippen molar-refractivity contribution in [1.82, 2.24) is 0 Å². The molecule has 0 saturated carbocycles. The molecule has 0 saturated heterocycles. The van der Waals surface area contributed by atoms with Gasteiger partial charge in [0.05, 0.1) is 5.92 Å². The van der Waals surface area contributed by atoms with Crippen molar-refractivity contribution < 1.29 is 14.3 Å². The number of hydrogen-bond donors (Lipinski definition) is 0. The van der Waals surface area contributed by atoms with Gasteiger partial charge in [0.25, 0.3) is 0 Å². The molecule has 140 valence electrons. The van der Waals surface area contributed by atoms with Gasteiger partial charge in [-0.15, -0.1) is 0 Å². The molecule has 3 aromatic carbocycles. The van der Waals surface area contributed by atoms with Crippen molar-refractivity contribution in [2.24, 2.45) is 5.92 Å². The smallest absolute Gasteiger partial charge is 0.174 e. The van der Waals surface area contributed by atoms with Gasteiger partial charge in [0.15, 0.2) is 5.78 Å². The van der Waals surface area contributed by atoms with Crippen LogP contribution in [0.25, 0.3) is 0 Å². The number of hydrogen-bond acceptors (Lipinski definition) is 3. The number of rotatable bonds is 4. The lowest BCUT2D eigenvalue weighted by Crippen LogP contribution is -2.31. The average Bonchev–Trinajstić information content (AvgIpc) is 2.68. The molecule has 4 rings (SSSR count). The molecule has 1 aliphatic heterocycles. The fourth-order valence-corrected chi connectivity index (χ4v) is 3.95. The van der Waals surface area contributed by atoms with Crippen LogP contribution in [0.15, 0.2) is 66.7 Å². The van der Waals surface area contributed by atoms with Crippen LogP contribution in [-0.2, 0) is 4.79 Å². The summed E-state index contributed by atoms with van der Waals surface area (Å²) < 4.78 is 6.07. The Morgan fingerprint density at radius 2 is 1.46 bits per heavy atom. The molecule has 0 aliphatic carbocycles. The maximum atomic E-state index is 13.4. The Bertz CT molecular complexity index is 1060. The molecule has 2 atom stereocenters. The molecule has 0 N–H and O–H groups in total. The summed E-state index contributed by atoms with van der Waals surface area (Å²) in [5.41, 5.74) is 4.47. The van der Waals surface area contributed by atoms with Gasteiger partial charge in [-0.3, -0.25) is 9.59 Å². The van der Waals surface area contributed by atoms with Crippen molar-refractivity contribution in [1.29, 1.82) is 0 Å². The van der Waals surface area contributed by atoms with Crippen LogP contribution in [-0.4, -0.2) is 11.6 Å². The fourth-order valence-electron chi connectivity index (χ4n) is 3.95. The topological polar surface area (TPSA) is 43.4 Å². The third-order valence-corrected chi connectivity index (χ3v) is 5.36. The van der Waals surface area contributed by atoms with Gasteiger partial charge in [-0.05, 0) is 32.9 Å². The van der Waals surface area contributed by atoms with Crippen molar-refractivity contribution >= 4 is 11.6 Å². The summed E-state index contributed by atoms with van der Waals surface area (Å²) in [5, 5.41) is 0. The van der Waals surface area contributed by atoms with Gasteiger partial charge in [0.2, 0.25) is 0 Å². The van der Waals surface area contributed by atoms with Gasteiger partial charge in [0.1, 0.15) is 17.3 Å². The van der Waals surface area contributed by atoms with Gasteiger partial charge in [-0.1, -0.05) is 65.7 Å². The highest BCUT2D eigenvalue weighted by molar-refractivity contribution is 6.11. The second-order valence-electron chi connectivity index (χ2n) is 7.48. The van der Waals surface area contributed by atoms with Crippen molar-refractivity contribution in [3.05, 3.63) is 94.5 Å². The molecule has 3 aromatic rings. The summed E-state index contributed by atoms with van der Waals surface area (Å²) in [6.07, 6.45) is 0. The van der Waals surface area contributed by atoms with E-state index in [1.165, 1.54) is 6.92 Å². The van der Waals surface area contributed by atoms with E-state index in [9.17, 15) is 9.59 Å². The van der Waals surface area contributed by atoms with Crippen molar-refractivity contribution in [3.8, 4) is 11.5 Å². The van der Waals surface area contributed by atoms with E-state index in [4.69, 9.17) is 4.74 Å². The highest BCUT2D eigenvalue weighted by atomic mass is 16.5. The number of ketones is 2. The number of carbonyl (C=O) groups excluding carboxylic acids is 2. The van der Waals surface area contributed by atoms with Crippen LogP contribution in [0.1, 0.15) is 45.5 Å². The largest absolute Gasteiger partial charge is 0.457 e. The Morgan fingerprint density at radius 3 is 2.18 bits per heavy atom. The van der Waals surface area contributed by atoms with Gasteiger partial charge in [0, 0.05) is 22.6 Å². The minimum Gasteiger partial charge on any atom is -0.457 e. The number of carbonyl (C=O) groups is 2. The van der Waals surface area contributed by atoms with Crippen LogP contribution in [0.5, 0.6) is 11.5 Å². The van der Waals surface area contributed by atoms with Gasteiger partial charge in [-0.25, -0.2) is 0 Å². The Morgan fingerprint density at radius 1 is 0.821 bits per heavy atom. The molecule has 1 heterocycles. The first-order valence-electron chi connectivity index (χ1n) is 9.44. The molecule has 0 amide bonds. The summed E-state index contributed by atoms with van der Waals surface area (Å²) in [6.45, 7) is 5.48. The summed E-state index contributed by atoms with van der Waals surface area (Å²) >= 11 is 0. The Labute approximate surface area is 165 Å². The summed E-state index contributed by atoms with van der Waals surface area (Å²) in [7, 11) is 0. The predicted molar refractivity (Wildman–Crippen MR) is 109 cm³/mol. The molecule has 1 aliphatic rings. The Hall–Kier alpha value is -3.20. The molecule has 3 heteroatoms. The molecular formula is C25H22O3. The number of aryl methyl sites for hydroxylation is 2. The quantitative estimate of drug-likeness (QED) is 0.442. The second-order valence-corrected chi connectivity index (χ2v) is 7.48. The highest BCUT2D eigenvalue weighted by Crippen LogP contribution is 2.48. The Balaban J connectivity index is 1.89. The van der Waals surface area contributed by atoms with E-state index < -0.39 is 5.92 Å². The second kappa shape index (κ2) is 7.08. The minimum atomic E-state index is -0.798. The number of fused-ring (bicyclic) bond motifs is 2. The van der Waals surface area contributed by atoms with Crippen LogP contribution in [0.2, 0.25) is 0 Å². The van der Waals surface area contributed by atoms with E-state index in [1.54, 1.807) is 12.1 Å². The maximum absolute atomic E-state index is 13.4. The highest BCUT2D eigenvalue weighted by Gasteiger charge is 2.40. The zero-order valence-corrected chi connectivity index (χ0v) is 16.2. The van der Waals surface area contributed by atoms with Crippen molar-refractivity contribution in [2.75, 3.05) is 0 Å². The lowest BCUT2D eigenvalue weighted by atomic mass is 9.73. The molecule has 0 unspecified atom stereocenters. The number of ether oxygens (including phenoxy) is 1. The lowest BCUT2D eigenvalue weighted by Gasteiger charge is -2.32. The van der Waals surface area contributed by atoms with Gasteiger partial charge in [-0.2, -0.15) is 0 Å². The van der Waals surface area contributed by atoms with E-state index >= 15 is 0 Å². The van der Waals surface area contributed by atoms with E-state index in [0.717, 1.165) is 22.3 Å². The van der Waals surface area contributed by atoms with Crippen LogP contribution in [0.3, 0.4) is 0 Å². The van der Waals surface area contributed by atoms with Gasteiger partial charge >= 0.3 is 0 Å². The molecular weight excluding hydrogens is 348 g/mol. The molecule has 3 nitrogen and oxygen atoms in total. The fraction of sp³-hybridized carbons (Fsp3) is 0.200. The standard InChI is InChI=1S/C25H22O3/c1-15-8-11-18(12-9-15)25(27)23(17(3)26)24-19-6-4-5-7-21(19)28-22-13-10-16(2)14-20(22)24/h4-14,23-24H,1-3H3/t23-,24-/m1/s1. The monoisotopic (exact) mass is 370 g/mol. The third-order valence-electron chi connectivity index (χ3n) is 5.36. The number of Topliss-reactive ketones (excluding diaryl/α,β-unsaturated/α-hetero) is 2. The normalized spacial score (nSPS) is 15.8. The molecule has 28 heavy (non-hydrogen) atoms. The van der Waals surface area contributed by atoms with E-state index in [2.05, 4.69) is 0 Å². The Kier molecular flexibility index (Phi) is 4.60. The lowest BCUT2D eigenvalue weighted by molar-refractivity contribution is -0.119. The first kappa shape index (κ1) is 18.2. The zero-order valence-electron chi connectivity index (χ0n) is 16.2. The first-order chi connectivity index (χ1) is 13.5. The van der Waals surface area contributed by atoms with E-state index in [1.807, 2.05) is 68.4 Å². The van der Waals surface area contributed by atoms with Crippen LogP contribution < -0.4 is 4.74 Å². The van der Waals surface area contributed by atoms with Crippen LogP contribution in [0, 0.1) is 19.8 Å². The maximum Gasteiger partial charge on any atom is 0.174 e. The number of benzene rings is 3. The molecule has 0 spiro atoms. The SMILES string of the molecule is CC(=O)[C@@H](C(=O)c1ccc(C)cc1)[C@@H]1c2ccccc2Oc2ccc(C)cc21. The molecule has 0 fully saturated rings. The minimum absolute atomic E-state index is 0.139. The first-order valence-corrected chi connectivity index (χ1v) is 9.44.